The number of fused-ring (bicyclic) bond motifs is 1. The van der Waals surface area contributed by atoms with E-state index in [1.165, 1.54) is 0 Å². The molecule has 1 N–H and O–H groups in total. The number of aliphatic hydroxyl groups excluding tert-OH is 1. The normalized spacial score (nSPS) is 12.4. The lowest BCUT2D eigenvalue weighted by atomic mass is 10.1. The molecule has 1 atom stereocenters. The highest BCUT2D eigenvalue weighted by Gasteiger charge is 2.13. The van der Waals surface area contributed by atoms with Crippen LogP contribution >= 0.6 is 0 Å². The topological polar surface area (TPSA) is 55.1 Å². The average Bonchev–Trinajstić information content (AvgIpc) is 2.55. The van der Waals surface area contributed by atoms with Gasteiger partial charge in [0.1, 0.15) is 0 Å². The summed E-state index contributed by atoms with van der Waals surface area (Å²) < 4.78 is 1.59. The molecule has 0 saturated carbocycles. The van der Waals surface area contributed by atoms with Crippen LogP contribution in [0.1, 0.15) is 11.6 Å². The summed E-state index contributed by atoms with van der Waals surface area (Å²) in [6.07, 6.45) is 3.99. The van der Waals surface area contributed by atoms with Gasteiger partial charge in [0.15, 0.2) is 0 Å². The second-order valence-electron chi connectivity index (χ2n) is 4.99. The van der Waals surface area contributed by atoms with Crippen LogP contribution in [0.5, 0.6) is 0 Å². The summed E-state index contributed by atoms with van der Waals surface area (Å²) in [5, 5.41) is 10.2. The Labute approximate surface area is 122 Å². The smallest absolute Gasteiger partial charge is 0.260 e. The van der Waals surface area contributed by atoms with Gasteiger partial charge >= 0.3 is 0 Å². The molecule has 2 aromatic heterocycles. The predicted octanol–water partition coefficient (Wildman–Crippen LogP) is 2.17. The van der Waals surface area contributed by atoms with Crippen LogP contribution in [0.25, 0.3) is 10.9 Å². The highest BCUT2D eigenvalue weighted by molar-refractivity contribution is 5.76. The molecular weight excluding hydrogens is 264 g/mol. The highest BCUT2D eigenvalue weighted by atomic mass is 16.3. The van der Waals surface area contributed by atoms with Gasteiger partial charge in [0.05, 0.1) is 23.6 Å². The Kier molecular flexibility index (Phi) is 3.79. The molecule has 0 amide bonds. The molecule has 0 aliphatic heterocycles. The minimum Gasteiger partial charge on any atom is -0.394 e. The number of aliphatic hydroxyl groups is 1. The number of hydrogen-bond donors (Lipinski definition) is 1. The van der Waals surface area contributed by atoms with Crippen LogP contribution in [0.2, 0.25) is 0 Å². The molecule has 0 saturated heterocycles. The Bertz CT molecular complexity index is 796. The van der Waals surface area contributed by atoms with Gasteiger partial charge in [-0.3, -0.25) is 9.78 Å². The van der Waals surface area contributed by atoms with E-state index in [4.69, 9.17) is 0 Å². The van der Waals surface area contributed by atoms with E-state index in [0.717, 1.165) is 5.56 Å². The molecule has 0 unspecified atom stereocenters. The number of rotatable bonds is 4. The van der Waals surface area contributed by atoms with Gasteiger partial charge in [-0.1, -0.05) is 30.3 Å². The summed E-state index contributed by atoms with van der Waals surface area (Å²) in [5.74, 6) is 0. The standard InChI is InChI=1S/C17H16N2O2/c20-12-14(11-13-5-2-1-3-6-13)19-10-8-16-15(17(19)21)7-4-9-18-16/h1-10,14,20H,11-12H2/t14-/m0/s1. The minimum atomic E-state index is -0.274. The molecule has 3 aromatic rings. The van der Waals surface area contributed by atoms with Crippen molar-refractivity contribution in [1.29, 1.82) is 0 Å². The van der Waals surface area contributed by atoms with Crippen molar-refractivity contribution < 1.29 is 5.11 Å². The summed E-state index contributed by atoms with van der Waals surface area (Å²) in [4.78, 5) is 16.7. The van der Waals surface area contributed by atoms with Crippen LogP contribution in [0.4, 0.5) is 0 Å². The van der Waals surface area contributed by atoms with Gasteiger partial charge in [0, 0.05) is 12.4 Å². The largest absolute Gasteiger partial charge is 0.394 e. The molecule has 1 aromatic carbocycles. The number of aromatic nitrogens is 2. The van der Waals surface area contributed by atoms with Crippen LogP contribution in [-0.4, -0.2) is 21.3 Å². The van der Waals surface area contributed by atoms with Crippen molar-refractivity contribution in [3.63, 3.8) is 0 Å². The van der Waals surface area contributed by atoms with Gasteiger partial charge in [0.2, 0.25) is 0 Å². The minimum absolute atomic E-state index is 0.0828. The van der Waals surface area contributed by atoms with E-state index in [1.807, 2.05) is 36.4 Å². The molecular formula is C17H16N2O2. The summed E-state index contributed by atoms with van der Waals surface area (Å²) in [5.41, 5.74) is 1.65. The van der Waals surface area contributed by atoms with Crippen molar-refractivity contribution in [2.75, 3.05) is 6.61 Å². The van der Waals surface area contributed by atoms with Crippen molar-refractivity contribution in [3.8, 4) is 0 Å². The Hall–Kier alpha value is -2.46. The maximum atomic E-state index is 12.5. The van der Waals surface area contributed by atoms with Crippen LogP contribution < -0.4 is 5.56 Å². The SMILES string of the molecule is O=c1c2cccnc2ccn1[C@H](CO)Cc1ccccc1. The molecule has 0 fully saturated rings. The first-order valence-electron chi connectivity index (χ1n) is 6.90. The quantitative estimate of drug-likeness (QED) is 0.797. The fraction of sp³-hybridized carbons (Fsp3) is 0.176. The van der Waals surface area contributed by atoms with E-state index < -0.39 is 0 Å². The van der Waals surface area contributed by atoms with Gasteiger partial charge in [-0.15, -0.1) is 0 Å². The van der Waals surface area contributed by atoms with Crippen LogP contribution in [0.15, 0.2) is 65.7 Å². The third kappa shape index (κ3) is 2.71. The van der Waals surface area contributed by atoms with Crippen molar-refractivity contribution >= 4 is 10.9 Å². The van der Waals surface area contributed by atoms with Crippen LogP contribution in [-0.2, 0) is 6.42 Å². The van der Waals surface area contributed by atoms with E-state index in [2.05, 4.69) is 4.98 Å². The Morgan fingerprint density at radius 3 is 2.67 bits per heavy atom. The van der Waals surface area contributed by atoms with Gasteiger partial charge in [0.25, 0.3) is 5.56 Å². The van der Waals surface area contributed by atoms with Crippen molar-refractivity contribution in [2.45, 2.75) is 12.5 Å². The number of pyridine rings is 2. The second-order valence-corrected chi connectivity index (χ2v) is 4.99. The lowest BCUT2D eigenvalue weighted by molar-refractivity contribution is 0.225. The first-order valence-corrected chi connectivity index (χ1v) is 6.90. The van der Waals surface area contributed by atoms with E-state index in [0.29, 0.717) is 17.3 Å². The molecule has 21 heavy (non-hydrogen) atoms. The van der Waals surface area contributed by atoms with E-state index in [-0.39, 0.29) is 18.2 Å². The number of nitrogens with zero attached hydrogens (tertiary/aromatic N) is 2. The van der Waals surface area contributed by atoms with E-state index in [9.17, 15) is 9.90 Å². The molecule has 4 heteroatoms. The molecule has 106 valence electrons. The molecule has 0 radical (unpaired) electrons. The van der Waals surface area contributed by atoms with Crippen LogP contribution in [0, 0.1) is 0 Å². The second kappa shape index (κ2) is 5.89. The lowest BCUT2D eigenvalue weighted by Crippen LogP contribution is -2.28. The fourth-order valence-corrected chi connectivity index (χ4v) is 2.51. The summed E-state index contributed by atoms with van der Waals surface area (Å²) in [6.45, 7) is -0.0828. The Balaban J connectivity index is 2.01. The molecule has 0 aliphatic carbocycles. The third-order valence-electron chi connectivity index (χ3n) is 3.61. The molecule has 0 aliphatic rings. The highest BCUT2D eigenvalue weighted by Crippen LogP contribution is 2.14. The number of benzene rings is 1. The average molecular weight is 280 g/mol. The fourth-order valence-electron chi connectivity index (χ4n) is 2.51. The van der Waals surface area contributed by atoms with Crippen molar-refractivity contribution in [3.05, 3.63) is 76.8 Å². The van der Waals surface area contributed by atoms with E-state index >= 15 is 0 Å². The zero-order chi connectivity index (χ0) is 14.7. The van der Waals surface area contributed by atoms with E-state index in [1.54, 1.807) is 29.1 Å². The predicted molar refractivity (Wildman–Crippen MR) is 82.3 cm³/mol. The third-order valence-corrected chi connectivity index (χ3v) is 3.61. The summed E-state index contributed by atoms with van der Waals surface area (Å²) in [7, 11) is 0. The molecule has 0 bridgehead atoms. The molecule has 2 heterocycles. The first kappa shape index (κ1) is 13.5. The van der Waals surface area contributed by atoms with Gasteiger partial charge in [-0.05, 0) is 30.2 Å². The zero-order valence-corrected chi connectivity index (χ0v) is 11.5. The Morgan fingerprint density at radius 2 is 1.90 bits per heavy atom. The van der Waals surface area contributed by atoms with Crippen LogP contribution in [0.3, 0.4) is 0 Å². The number of hydrogen-bond acceptors (Lipinski definition) is 3. The molecule has 4 nitrogen and oxygen atoms in total. The molecule has 0 spiro atoms. The summed E-state index contributed by atoms with van der Waals surface area (Å²) >= 11 is 0. The molecule has 3 rings (SSSR count). The zero-order valence-electron chi connectivity index (χ0n) is 11.5. The maximum Gasteiger partial charge on any atom is 0.260 e. The van der Waals surface area contributed by atoms with Crippen molar-refractivity contribution in [2.24, 2.45) is 0 Å². The maximum absolute atomic E-state index is 12.5. The first-order chi connectivity index (χ1) is 10.3. The van der Waals surface area contributed by atoms with Gasteiger partial charge in [-0.2, -0.15) is 0 Å². The lowest BCUT2D eigenvalue weighted by Gasteiger charge is -2.18. The Morgan fingerprint density at radius 1 is 1.10 bits per heavy atom. The van der Waals surface area contributed by atoms with Gasteiger partial charge in [-0.25, -0.2) is 0 Å². The summed E-state index contributed by atoms with van der Waals surface area (Å²) in [6, 6.07) is 14.9. The van der Waals surface area contributed by atoms with Gasteiger partial charge < -0.3 is 9.67 Å². The monoisotopic (exact) mass is 280 g/mol. The van der Waals surface area contributed by atoms with Crippen molar-refractivity contribution in [1.82, 2.24) is 9.55 Å².